The number of ether oxygens (including phenoxy) is 2. The molecule has 1 aromatic carbocycles. The molecule has 1 aliphatic carbocycles. The first-order valence-electron chi connectivity index (χ1n) is 14.0. The minimum absolute atomic E-state index is 0.0149. The number of benzene rings is 1. The van der Waals surface area contributed by atoms with Gasteiger partial charge in [-0.15, -0.1) is 0 Å². The van der Waals surface area contributed by atoms with Crippen molar-refractivity contribution in [3.63, 3.8) is 0 Å². The molecular formula is C31H32F2N6O2. The van der Waals surface area contributed by atoms with Gasteiger partial charge in [0.2, 0.25) is 0 Å². The molecule has 0 unspecified atom stereocenters. The van der Waals surface area contributed by atoms with E-state index in [1.165, 1.54) is 12.1 Å². The predicted molar refractivity (Wildman–Crippen MR) is 148 cm³/mol. The van der Waals surface area contributed by atoms with Gasteiger partial charge in [0.1, 0.15) is 17.5 Å². The van der Waals surface area contributed by atoms with Gasteiger partial charge in [0.15, 0.2) is 0 Å². The molecule has 0 spiro atoms. The Morgan fingerprint density at radius 2 is 1.93 bits per heavy atom. The van der Waals surface area contributed by atoms with Crippen LogP contribution >= 0.6 is 0 Å². The highest BCUT2D eigenvalue weighted by atomic mass is 19.1. The number of pyridine rings is 1. The number of nitrogens with two attached hydrogens (primary N) is 1. The maximum atomic E-state index is 15.1. The number of hydrogen-bond donors (Lipinski definition) is 1. The second-order valence-corrected chi connectivity index (χ2v) is 11.1. The molecule has 1 saturated carbocycles. The largest absolute Gasteiger partial charge is 0.380 e. The first-order valence-corrected chi connectivity index (χ1v) is 14.0. The van der Waals surface area contributed by atoms with Crippen molar-refractivity contribution in [1.29, 1.82) is 5.26 Å². The molecule has 1 saturated heterocycles. The Kier molecular flexibility index (Phi) is 7.75. The minimum atomic E-state index is -0.646. The monoisotopic (exact) mass is 558 g/mol. The molecule has 4 atom stereocenters. The molecule has 3 aromatic heterocycles. The Hall–Kier alpha value is -3.78. The molecule has 0 bridgehead atoms. The summed E-state index contributed by atoms with van der Waals surface area (Å²) in [6.45, 7) is 3.47. The summed E-state index contributed by atoms with van der Waals surface area (Å²) in [5.74, 6) is -0.188. The van der Waals surface area contributed by atoms with E-state index in [9.17, 15) is 0 Å². The predicted octanol–water partition coefficient (Wildman–Crippen LogP) is 4.91. The number of aromatic nitrogens is 4. The van der Waals surface area contributed by atoms with Crippen molar-refractivity contribution in [2.45, 2.75) is 56.6 Å². The molecule has 2 aliphatic rings. The third-order valence-electron chi connectivity index (χ3n) is 8.33. The van der Waals surface area contributed by atoms with Crippen LogP contribution in [-0.4, -0.2) is 51.5 Å². The average molecular weight is 559 g/mol. The molecule has 4 aromatic rings. The van der Waals surface area contributed by atoms with Gasteiger partial charge in [-0.3, -0.25) is 4.98 Å². The molecule has 212 valence electrons. The van der Waals surface area contributed by atoms with E-state index in [0.29, 0.717) is 44.1 Å². The molecule has 1 aliphatic heterocycles. The Bertz CT molecular complexity index is 1560. The molecule has 8 nitrogen and oxygen atoms in total. The van der Waals surface area contributed by atoms with Crippen molar-refractivity contribution in [2.75, 3.05) is 19.8 Å². The standard InChI is InChI=1S/C31H32F2N6O2/c1-18-9-20(12-27(35)31(18)41-8-2-6-34)24-5-7-36-14-21(24)13-29-37-15-23-3-4-28(38-39(23)29)30-25(32)10-19(11-26(30)33)22-16-40-17-22/h3-5,7,10-11,14-15,18,20,22,27,31H,2,8-9,12-13,16-17,35H2,1H3/t18-,20+,27+,31-/m0/s1. The Balaban J connectivity index is 1.26. The molecule has 0 radical (unpaired) electrons. The number of imidazole rings is 1. The zero-order valence-corrected chi connectivity index (χ0v) is 22.8. The van der Waals surface area contributed by atoms with Crippen molar-refractivity contribution in [3.05, 3.63) is 83.1 Å². The summed E-state index contributed by atoms with van der Waals surface area (Å²) in [7, 11) is 0. The maximum absolute atomic E-state index is 15.1. The van der Waals surface area contributed by atoms with Crippen LogP contribution in [0, 0.1) is 28.9 Å². The van der Waals surface area contributed by atoms with Crippen LogP contribution < -0.4 is 5.73 Å². The zero-order valence-electron chi connectivity index (χ0n) is 22.8. The fourth-order valence-corrected chi connectivity index (χ4v) is 6.19. The first kappa shape index (κ1) is 27.4. The van der Waals surface area contributed by atoms with E-state index in [0.717, 1.165) is 29.5 Å². The third kappa shape index (κ3) is 5.45. The second kappa shape index (κ2) is 11.6. The van der Waals surface area contributed by atoms with Crippen LogP contribution in [0.15, 0.2) is 48.9 Å². The van der Waals surface area contributed by atoms with Gasteiger partial charge in [-0.2, -0.15) is 10.4 Å². The summed E-state index contributed by atoms with van der Waals surface area (Å²) >= 11 is 0. The highest BCUT2D eigenvalue weighted by molar-refractivity contribution is 5.63. The van der Waals surface area contributed by atoms with E-state index >= 15 is 8.78 Å². The van der Waals surface area contributed by atoms with Gasteiger partial charge in [-0.05, 0) is 71.7 Å². The Morgan fingerprint density at radius 3 is 2.63 bits per heavy atom. The zero-order chi connectivity index (χ0) is 28.5. The Labute approximate surface area is 237 Å². The van der Waals surface area contributed by atoms with Crippen LogP contribution in [0.3, 0.4) is 0 Å². The summed E-state index contributed by atoms with van der Waals surface area (Å²) in [5.41, 5.74) is 10.1. The molecule has 0 amide bonds. The van der Waals surface area contributed by atoms with E-state index in [2.05, 4.69) is 28.1 Å². The van der Waals surface area contributed by atoms with E-state index in [1.807, 2.05) is 12.3 Å². The molecule has 10 heteroatoms. The van der Waals surface area contributed by atoms with Crippen LogP contribution in [0.1, 0.15) is 60.5 Å². The van der Waals surface area contributed by atoms with E-state index in [1.54, 1.807) is 29.0 Å². The lowest BCUT2D eigenvalue weighted by atomic mass is 9.73. The summed E-state index contributed by atoms with van der Waals surface area (Å²) < 4.78 is 43.0. The van der Waals surface area contributed by atoms with Crippen molar-refractivity contribution < 1.29 is 18.3 Å². The van der Waals surface area contributed by atoms with Crippen molar-refractivity contribution in [1.82, 2.24) is 19.6 Å². The fourth-order valence-electron chi connectivity index (χ4n) is 6.19. The first-order chi connectivity index (χ1) is 19.9. The lowest BCUT2D eigenvalue weighted by molar-refractivity contribution is -0.0199. The third-order valence-corrected chi connectivity index (χ3v) is 8.33. The molecule has 2 fully saturated rings. The van der Waals surface area contributed by atoms with E-state index in [4.69, 9.17) is 20.5 Å². The second-order valence-electron chi connectivity index (χ2n) is 11.1. The summed E-state index contributed by atoms with van der Waals surface area (Å²) in [6, 6.07) is 10.1. The van der Waals surface area contributed by atoms with Crippen LogP contribution in [0.4, 0.5) is 8.78 Å². The maximum Gasteiger partial charge on any atom is 0.135 e. The summed E-state index contributed by atoms with van der Waals surface area (Å²) in [4.78, 5) is 8.97. The quantitative estimate of drug-likeness (QED) is 0.306. The SMILES string of the molecule is C[C@H]1C[C@@H](c2ccncc2Cc2ncc3ccc(-c4c(F)cc(C5COC5)cc4F)nn23)C[C@@H](N)[C@H]1OCCC#N. The smallest absolute Gasteiger partial charge is 0.135 e. The van der Waals surface area contributed by atoms with Gasteiger partial charge in [0, 0.05) is 30.8 Å². The molecule has 4 heterocycles. The molecule has 6 rings (SSSR count). The van der Waals surface area contributed by atoms with Crippen molar-refractivity contribution in [3.8, 4) is 17.3 Å². The summed E-state index contributed by atoms with van der Waals surface area (Å²) in [6.07, 6.45) is 7.70. The van der Waals surface area contributed by atoms with Gasteiger partial charge in [0.25, 0.3) is 0 Å². The lowest BCUT2D eigenvalue weighted by Crippen LogP contribution is -2.46. The van der Waals surface area contributed by atoms with Gasteiger partial charge >= 0.3 is 0 Å². The van der Waals surface area contributed by atoms with Crippen LogP contribution in [0.25, 0.3) is 16.8 Å². The fraction of sp³-hybridized carbons (Fsp3) is 0.419. The van der Waals surface area contributed by atoms with Gasteiger partial charge < -0.3 is 15.2 Å². The summed E-state index contributed by atoms with van der Waals surface area (Å²) in [5, 5.41) is 13.5. The molecule has 41 heavy (non-hydrogen) atoms. The number of halogens is 2. The normalized spacial score (nSPS) is 22.9. The van der Waals surface area contributed by atoms with Crippen LogP contribution in [0.2, 0.25) is 0 Å². The van der Waals surface area contributed by atoms with Crippen LogP contribution in [-0.2, 0) is 15.9 Å². The lowest BCUT2D eigenvalue weighted by Gasteiger charge is -2.39. The average Bonchev–Trinajstić information content (AvgIpc) is 3.31. The van der Waals surface area contributed by atoms with E-state index < -0.39 is 11.6 Å². The topological polar surface area (TPSA) is 111 Å². The van der Waals surface area contributed by atoms with Crippen LogP contribution in [0.5, 0.6) is 0 Å². The van der Waals surface area contributed by atoms with E-state index in [-0.39, 0.29) is 41.2 Å². The number of nitriles is 1. The number of nitrogens with zero attached hydrogens (tertiary/aromatic N) is 5. The van der Waals surface area contributed by atoms with Gasteiger partial charge in [-0.1, -0.05) is 6.92 Å². The highest BCUT2D eigenvalue weighted by Gasteiger charge is 2.35. The Morgan fingerprint density at radius 1 is 1.12 bits per heavy atom. The molecule has 2 N–H and O–H groups in total. The minimum Gasteiger partial charge on any atom is -0.380 e. The number of fused-ring (bicyclic) bond motifs is 1. The number of hydrogen-bond acceptors (Lipinski definition) is 7. The number of rotatable bonds is 8. The molecular weight excluding hydrogens is 526 g/mol. The van der Waals surface area contributed by atoms with Crippen molar-refractivity contribution in [2.24, 2.45) is 11.7 Å². The highest BCUT2D eigenvalue weighted by Crippen LogP contribution is 2.39. The van der Waals surface area contributed by atoms with Crippen molar-refractivity contribution >= 4 is 5.52 Å². The van der Waals surface area contributed by atoms with Gasteiger partial charge in [-0.25, -0.2) is 18.3 Å². The van der Waals surface area contributed by atoms with Gasteiger partial charge in [0.05, 0.1) is 61.4 Å².